The first-order valence-electron chi connectivity index (χ1n) is 5.94. The normalized spacial score (nSPS) is 14.4. The summed E-state index contributed by atoms with van der Waals surface area (Å²) in [5, 5.41) is 0.350. The fourth-order valence-electron chi connectivity index (χ4n) is 1.97. The lowest BCUT2D eigenvalue weighted by Gasteiger charge is -2.14. The molecule has 1 aromatic carbocycles. The van der Waals surface area contributed by atoms with Crippen LogP contribution in [0, 0.1) is 0 Å². The van der Waals surface area contributed by atoms with E-state index >= 15 is 0 Å². The van der Waals surface area contributed by atoms with Crippen molar-refractivity contribution in [3.05, 3.63) is 34.6 Å². The number of hydrogen-bond donors (Lipinski definition) is 0. The van der Waals surface area contributed by atoms with Gasteiger partial charge in [-0.05, 0) is 25.0 Å². The molecule has 0 radical (unpaired) electrons. The first-order chi connectivity index (χ1) is 9.17. The number of methoxy groups -OCH3 is 2. The van der Waals surface area contributed by atoms with Gasteiger partial charge in [-0.25, -0.2) is 0 Å². The highest BCUT2D eigenvalue weighted by Gasteiger charge is 2.19. The maximum atomic E-state index is 12.3. The molecule has 19 heavy (non-hydrogen) atoms. The third-order valence-corrected chi connectivity index (χ3v) is 3.20. The number of Topliss-reactive ketones (excluding diaryl/α,β-unsaturated/α-hetero) is 1. The minimum atomic E-state index is -0.0949. The highest BCUT2D eigenvalue weighted by molar-refractivity contribution is 6.33. The largest absolute Gasteiger partial charge is 0.501 e. The third kappa shape index (κ3) is 2.84. The predicted octanol–water partition coefficient (Wildman–Crippen LogP) is 3.23. The second-order valence-electron chi connectivity index (χ2n) is 4.14. The standard InChI is InChI=1S/C14H15ClO4/c1-17-12-7-10(6-11(15)14(12)18-2)13(16)9-4-3-5-19-8-9/h6-8H,3-5H2,1-2H3. The predicted molar refractivity (Wildman–Crippen MR) is 72.2 cm³/mol. The molecule has 0 bridgehead atoms. The van der Waals surface area contributed by atoms with Crippen LogP contribution in [0.3, 0.4) is 0 Å². The summed E-state index contributed by atoms with van der Waals surface area (Å²) in [7, 11) is 3.01. The molecule has 1 aromatic rings. The van der Waals surface area contributed by atoms with Crippen molar-refractivity contribution >= 4 is 17.4 Å². The van der Waals surface area contributed by atoms with Crippen LogP contribution in [-0.4, -0.2) is 26.6 Å². The van der Waals surface area contributed by atoms with Gasteiger partial charge in [0, 0.05) is 11.1 Å². The van der Waals surface area contributed by atoms with E-state index in [0.29, 0.717) is 40.7 Å². The molecule has 0 aliphatic carbocycles. The molecule has 0 atom stereocenters. The molecule has 0 amide bonds. The second-order valence-corrected chi connectivity index (χ2v) is 4.55. The van der Waals surface area contributed by atoms with Crippen molar-refractivity contribution in [2.45, 2.75) is 12.8 Å². The van der Waals surface area contributed by atoms with Crippen molar-refractivity contribution in [1.82, 2.24) is 0 Å². The molecule has 0 saturated carbocycles. The smallest absolute Gasteiger partial charge is 0.192 e. The van der Waals surface area contributed by atoms with E-state index in [0.717, 1.165) is 6.42 Å². The molecule has 2 rings (SSSR count). The Labute approximate surface area is 116 Å². The van der Waals surface area contributed by atoms with E-state index < -0.39 is 0 Å². The topological polar surface area (TPSA) is 44.8 Å². The van der Waals surface area contributed by atoms with Crippen LogP contribution in [0.2, 0.25) is 5.02 Å². The molecule has 0 spiro atoms. The average molecular weight is 283 g/mol. The molecule has 0 N–H and O–H groups in total. The van der Waals surface area contributed by atoms with Gasteiger partial charge in [-0.2, -0.15) is 0 Å². The van der Waals surface area contributed by atoms with Gasteiger partial charge in [0.25, 0.3) is 0 Å². The Morgan fingerprint density at radius 2 is 2.11 bits per heavy atom. The maximum absolute atomic E-state index is 12.3. The van der Waals surface area contributed by atoms with Gasteiger partial charge in [-0.3, -0.25) is 4.79 Å². The molecule has 4 nitrogen and oxygen atoms in total. The van der Waals surface area contributed by atoms with Crippen molar-refractivity contribution in [2.24, 2.45) is 0 Å². The number of rotatable bonds is 4. The molecule has 102 valence electrons. The molecular formula is C14H15ClO4. The van der Waals surface area contributed by atoms with Gasteiger partial charge in [0.1, 0.15) is 0 Å². The summed E-state index contributed by atoms with van der Waals surface area (Å²) < 4.78 is 15.5. The minimum absolute atomic E-state index is 0.0949. The summed E-state index contributed by atoms with van der Waals surface area (Å²) in [6, 6.07) is 3.21. The third-order valence-electron chi connectivity index (χ3n) is 2.92. The molecule has 1 aliphatic rings. The van der Waals surface area contributed by atoms with Crippen LogP contribution < -0.4 is 9.47 Å². The molecule has 0 aromatic heterocycles. The Bertz CT molecular complexity index is 522. The number of ether oxygens (including phenoxy) is 3. The number of carbonyl (C=O) groups excluding carboxylic acids is 1. The summed E-state index contributed by atoms with van der Waals surface area (Å²) in [6.45, 7) is 0.656. The van der Waals surface area contributed by atoms with Crippen molar-refractivity contribution < 1.29 is 19.0 Å². The van der Waals surface area contributed by atoms with E-state index in [9.17, 15) is 4.79 Å². The zero-order valence-electron chi connectivity index (χ0n) is 10.9. The summed E-state index contributed by atoms with van der Waals surface area (Å²) in [5.74, 6) is 0.771. The summed E-state index contributed by atoms with van der Waals surface area (Å²) in [4.78, 5) is 12.3. The van der Waals surface area contributed by atoms with Gasteiger partial charge in [0.2, 0.25) is 0 Å². The number of carbonyl (C=O) groups is 1. The van der Waals surface area contributed by atoms with Crippen LogP contribution in [0.25, 0.3) is 0 Å². The molecule has 1 heterocycles. The number of allylic oxidation sites excluding steroid dienone is 1. The molecule has 0 fully saturated rings. The van der Waals surface area contributed by atoms with E-state index in [4.69, 9.17) is 25.8 Å². The molecule has 0 unspecified atom stereocenters. The van der Waals surface area contributed by atoms with Crippen LogP contribution in [0.5, 0.6) is 11.5 Å². The molecule has 0 saturated heterocycles. The van der Waals surface area contributed by atoms with E-state index in [2.05, 4.69) is 0 Å². The van der Waals surface area contributed by atoms with Gasteiger partial charge in [-0.1, -0.05) is 11.6 Å². The van der Waals surface area contributed by atoms with E-state index in [1.807, 2.05) is 0 Å². The minimum Gasteiger partial charge on any atom is -0.501 e. The van der Waals surface area contributed by atoms with Gasteiger partial charge in [-0.15, -0.1) is 0 Å². The fourth-order valence-corrected chi connectivity index (χ4v) is 2.25. The van der Waals surface area contributed by atoms with Crippen LogP contribution >= 0.6 is 11.6 Å². The zero-order valence-corrected chi connectivity index (χ0v) is 11.6. The molecular weight excluding hydrogens is 268 g/mol. The number of hydrogen-bond acceptors (Lipinski definition) is 4. The van der Waals surface area contributed by atoms with Crippen LogP contribution in [0.15, 0.2) is 24.0 Å². The van der Waals surface area contributed by atoms with Crippen molar-refractivity contribution in [3.63, 3.8) is 0 Å². The summed E-state index contributed by atoms with van der Waals surface area (Å²) >= 11 is 6.09. The number of ketones is 1. The second kappa shape index (κ2) is 5.97. The van der Waals surface area contributed by atoms with Gasteiger partial charge >= 0.3 is 0 Å². The van der Waals surface area contributed by atoms with Crippen LogP contribution in [0.4, 0.5) is 0 Å². The van der Waals surface area contributed by atoms with Gasteiger partial charge in [0.15, 0.2) is 17.3 Å². The van der Waals surface area contributed by atoms with E-state index in [-0.39, 0.29) is 5.78 Å². The zero-order chi connectivity index (χ0) is 13.8. The van der Waals surface area contributed by atoms with E-state index in [1.54, 1.807) is 12.1 Å². The SMILES string of the molecule is COc1cc(C(=O)C2=COCCC2)cc(Cl)c1OC. The Morgan fingerprint density at radius 1 is 1.32 bits per heavy atom. The Kier molecular flexibility index (Phi) is 4.32. The first-order valence-corrected chi connectivity index (χ1v) is 6.32. The van der Waals surface area contributed by atoms with Crippen molar-refractivity contribution in [3.8, 4) is 11.5 Å². The Morgan fingerprint density at radius 3 is 2.68 bits per heavy atom. The Hall–Kier alpha value is -1.68. The molecule has 1 aliphatic heterocycles. The lowest BCUT2D eigenvalue weighted by molar-refractivity contribution is 0.101. The van der Waals surface area contributed by atoms with Crippen LogP contribution in [0.1, 0.15) is 23.2 Å². The highest BCUT2D eigenvalue weighted by Crippen LogP contribution is 2.36. The van der Waals surface area contributed by atoms with E-state index in [1.165, 1.54) is 20.5 Å². The highest BCUT2D eigenvalue weighted by atomic mass is 35.5. The summed E-state index contributed by atoms with van der Waals surface area (Å²) in [6.07, 6.45) is 3.08. The average Bonchev–Trinajstić information content (AvgIpc) is 2.46. The first kappa shape index (κ1) is 13.7. The lowest BCUT2D eigenvalue weighted by Crippen LogP contribution is -2.09. The Balaban J connectivity index is 2.37. The van der Waals surface area contributed by atoms with Gasteiger partial charge in [0.05, 0.1) is 32.1 Å². The lowest BCUT2D eigenvalue weighted by atomic mass is 9.99. The van der Waals surface area contributed by atoms with Crippen molar-refractivity contribution in [2.75, 3.05) is 20.8 Å². The van der Waals surface area contributed by atoms with Crippen LogP contribution in [-0.2, 0) is 4.74 Å². The number of halogens is 1. The van der Waals surface area contributed by atoms with Gasteiger partial charge < -0.3 is 14.2 Å². The monoisotopic (exact) mass is 282 g/mol. The fraction of sp³-hybridized carbons (Fsp3) is 0.357. The summed E-state index contributed by atoms with van der Waals surface area (Å²) in [5.41, 5.74) is 1.12. The quantitative estimate of drug-likeness (QED) is 0.795. The van der Waals surface area contributed by atoms with Crippen molar-refractivity contribution in [1.29, 1.82) is 0 Å². The maximum Gasteiger partial charge on any atom is 0.192 e. The number of benzene rings is 1. The molecule has 5 heteroatoms.